The molecule has 1 fully saturated rings. The van der Waals surface area contributed by atoms with Gasteiger partial charge in [-0.1, -0.05) is 24.6 Å². The summed E-state index contributed by atoms with van der Waals surface area (Å²) in [5.74, 6) is 0.464. The smallest absolute Gasteiger partial charge is 0.260 e. The Bertz CT molecular complexity index is 475. The minimum atomic E-state index is -0.535. The summed E-state index contributed by atoms with van der Waals surface area (Å²) in [7, 11) is 0. The Kier molecular flexibility index (Phi) is 5.26. The van der Waals surface area contributed by atoms with Gasteiger partial charge in [0, 0.05) is 12.6 Å². The van der Waals surface area contributed by atoms with Crippen LogP contribution < -0.4 is 15.4 Å². The van der Waals surface area contributed by atoms with Crippen LogP contribution in [0.15, 0.2) is 18.2 Å². The minimum absolute atomic E-state index is 0.0831. The molecule has 4 nitrogen and oxygen atoms in total. The van der Waals surface area contributed by atoms with E-state index in [2.05, 4.69) is 17.6 Å². The summed E-state index contributed by atoms with van der Waals surface area (Å²) in [6, 6.07) is 5.97. The van der Waals surface area contributed by atoms with E-state index in [-0.39, 0.29) is 5.91 Å². The molecular formula is C15H21ClN2O2. The first kappa shape index (κ1) is 15.1. The van der Waals surface area contributed by atoms with E-state index in [1.54, 1.807) is 6.92 Å². The number of benzene rings is 1. The lowest BCUT2D eigenvalue weighted by atomic mass is 10.2. The Morgan fingerprint density at radius 2 is 2.25 bits per heavy atom. The van der Waals surface area contributed by atoms with Gasteiger partial charge in [-0.15, -0.1) is 0 Å². The van der Waals surface area contributed by atoms with Crippen molar-refractivity contribution < 1.29 is 9.53 Å². The molecule has 20 heavy (non-hydrogen) atoms. The number of hydrogen-bond acceptors (Lipinski definition) is 3. The number of rotatable bonds is 7. The number of hydrogen-bond donors (Lipinski definition) is 2. The standard InChI is InChI=1S/C15H21ClN2O2/c1-3-17-9-11-4-7-14(13(16)8-11)20-10(2)15(19)18-12-5-6-12/h4,7-8,10,12,17H,3,5-6,9H2,1-2H3,(H,18,19). The van der Waals surface area contributed by atoms with E-state index in [0.717, 1.165) is 31.5 Å². The van der Waals surface area contributed by atoms with Gasteiger partial charge in [0.25, 0.3) is 5.91 Å². The third-order valence-corrected chi connectivity index (χ3v) is 3.47. The molecular weight excluding hydrogens is 276 g/mol. The van der Waals surface area contributed by atoms with Crippen LogP contribution in [-0.4, -0.2) is 24.6 Å². The van der Waals surface area contributed by atoms with Crippen molar-refractivity contribution in [3.8, 4) is 5.75 Å². The number of carbonyl (C=O) groups excluding carboxylic acids is 1. The molecule has 0 saturated heterocycles. The highest BCUT2D eigenvalue weighted by Gasteiger charge is 2.26. The molecule has 1 aliphatic carbocycles. The van der Waals surface area contributed by atoms with Crippen molar-refractivity contribution >= 4 is 17.5 Å². The van der Waals surface area contributed by atoms with E-state index in [9.17, 15) is 4.79 Å². The zero-order valence-electron chi connectivity index (χ0n) is 11.9. The molecule has 1 amide bonds. The van der Waals surface area contributed by atoms with E-state index >= 15 is 0 Å². The van der Waals surface area contributed by atoms with E-state index in [4.69, 9.17) is 16.3 Å². The third-order valence-electron chi connectivity index (χ3n) is 3.17. The van der Waals surface area contributed by atoms with Gasteiger partial charge in [-0.3, -0.25) is 4.79 Å². The molecule has 1 atom stereocenters. The van der Waals surface area contributed by atoms with Gasteiger partial charge in [-0.2, -0.15) is 0 Å². The molecule has 0 bridgehead atoms. The van der Waals surface area contributed by atoms with Gasteiger partial charge in [0.1, 0.15) is 5.75 Å². The summed E-state index contributed by atoms with van der Waals surface area (Å²) in [5, 5.41) is 6.68. The molecule has 0 aliphatic heterocycles. The highest BCUT2D eigenvalue weighted by atomic mass is 35.5. The lowest BCUT2D eigenvalue weighted by Crippen LogP contribution is -2.37. The Hall–Kier alpha value is -1.26. The average Bonchev–Trinajstić information content (AvgIpc) is 3.23. The van der Waals surface area contributed by atoms with E-state index in [1.165, 1.54) is 0 Å². The van der Waals surface area contributed by atoms with Crippen LogP contribution in [0.4, 0.5) is 0 Å². The van der Waals surface area contributed by atoms with Crippen molar-refractivity contribution in [3.05, 3.63) is 28.8 Å². The molecule has 0 heterocycles. The molecule has 1 saturated carbocycles. The average molecular weight is 297 g/mol. The van der Waals surface area contributed by atoms with Gasteiger partial charge >= 0.3 is 0 Å². The lowest BCUT2D eigenvalue weighted by molar-refractivity contribution is -0.127. The Labute approximate surface area is 124 Å². The molecule has 1 aromatic carbocycles. The third kappa shape index (κ3) is 4.39. The van der Waals surface area contributed by atoms with E-state index in [1.807, 2.05) is 18.2 Å². The normalized spacial score (nSPS) is 15.8. The summed E-state index contributed by atoms with van der Waals surface area (Å²) < 4.78 is 5.63. The summed E-state index contributed by atoms with van der Waals surface area (Å²) >= 11 is 6.19. The molecule has 1 aromatic rings. The fourth-order valence-electron chi connectivity index (χ4n) is 1.81. The molecule has 0 aromatic heterocycles. The maximum absolute atomic E-state index is 11.8. The van der Waals surface area contributed by atoms with Crippen LogP contribution in [0, 0.1) is 0 Å². The molecule has 110 valence electrons. The lowest BCUT2D eigenvalue weighted by Gasteiger charge is -2.16. The number of carbonyl (C=O) groups is 1. The summed E-state index contributed by atoms with van der Waals surface area (Å²) in [6.45, 7) is 5.47. The molecule has 0 spiro atoms. The first-order chi connectivity index (χ1) is 9.60. The second-order valence-corrected chi connectivity index (χ2v) is 5.50. The Morgan fingerprint density at radius 1 is 1.50 bits per heavy atom. The maximum atomic E-state index is 11.8. The van der Waals surface area contributed by atoms with Gasteiger partial charge in [-0.05, 0) is 44.0 Å². The zero-order chi connectivity index (χ0) is 14.5. The molecule has 1 aliphatic rings. The fourth-order valence-corrected chi connectivity index (χ4v) is 2.06. The molecule has 5 heteroatoms. The quantitative estimate of drug-likeness (QED) is 0.813. The monoisotopic (exact) mass is 296 g/mol. The summed E-state index contributed by atoms with van der Waals surface area (Å²) in [5.41, 5.74) is 1.10. The number of amides is 1. The highest BCUT2D eigenvalue weighted by Crippen LogP contribution is 2.27. The van der Waals surface area contributed by atoms with Gasteiger partial charge in [0.2, 0.25) is 0 Å². The number of nitrogens with one attached hydrogen (secondary N) is 2. The number of halogens is 1. The zero-order valence-corrected chi connectivity index (χ0v) is 12.7. The van der Waals surface area contributed by atoms with Crippen LogP contribution in [-0.2, 0) is 11.3 Å². The highest BCUT2D eigenvalue weighted by molar-refractivity contribution is 6.32. The van der Waals surface area contributed by atoms with Crippen molar-refractivity contribution in [2.24, 2.45) is 0 Å². The van der Waals surface area contributed by atoms with Crippen LogP contribution in [0.25, 0.3) is 0 Å². The van der Waals surface area contributed by atoms with Crippen molar-refractivity contribution in [1.29, 1.82) is 0 Å². The molecule has 2 N–H and O–H groups in total. The Balaban J connectivity index is 1.92. The van der Waals surface area contributed by atoms with Crippen molar-refractivity contribution in [2.45, 2.75) is 45.4 Å². The maximum Gasteiger partial charge on any atom is 0.260 e. The second kappa shape index (κ2) is 6.95. The van der Waals surface area contributed by atoms with Gasteiger partial charge < -0.3 is 15.4 Å². The first-order valence-corrected chi connectivity index (χ1v) is 7.44. The van der Waals surface area contributed by atoms with Gasteiger partial charge in [0.05, 0.1) is 5.02 Å². The first-order valence-electron chi connectivity index (χ1n) is 7.06. The second-order valence-electron chi connectivity index (χ2n) is 5.09. The van der Waals surface area contributed by atoms with Crippen molar-refractivity contribution in [3.63, 3.8) is 0 Å². The van der Waals surface area contributed by atoms with Crippen molar-refractivity contribution in [1.82, 2.24) is 10.6 Å². The minimum Gasteiger partial charge on any atom is -0.479 e. The predicted octanol–water partition coefficient (Wildman–Crippen LogP) is 2.50. The van der Waals surface area contributed by atoms with Crippen LogP contribution >= 0.6 is 11.6 Å². The van der Waals surface area contributed by atoms with E-state index in [0.29, 0.717) is 16.8 Å². The SMILES string of the molecule is CCNCc1ccc(OC(C)C(=O)NC2CC2)c(Cl)c1. The van der Waals surface area contributed by atoms with Gasteiger partial charge in [0.15, 0.2) is 6.10 Å². The van der Waals surface area contributed by atoms with Gasteiger partial charge in [-0.25, -0.2) is 0 Å². The molecule has 2 rings (SSSR count). The fraction of sp³-hybridized carbons (Fsp3) is 0.533. The largest absolute Gasteiger partial charge is 0.479 e. The van der Waals surface area contributed by atoms with Crippen LogP contribution in [0.5, 0.6) is 5.75 Å². The molecule has 1 unspecified atom stereocenters. The van der Waals surface area contributed by atoms with Crippen molar-refractivity contribution in [2.75, 3.05) is 6.54 Å². The summed E-state index contributed by atoms with van der Waals surface area (Å²) in [6.07, 6.45) is 1.60. The van der Waals surface area contributed by atoms with Crippen LogP contribution in [0.3, 0.4) is 0 Å². The van der Waals surface area contributed by atoms with E-state index < -0.39 is 6.10 Å². The topological polar surface area (TPSA) is 50.4 Å². The van der Waals surface area contributed by atoms with Crippen LogP contribution in [0.2, 0.25) is 5.02 Å². The number of ether oxygens (including phenoxy) is 1. The summed E-state index contributed by atoms with van der Waals surface area (Å²) in [4.78, 5) is 11.8. The van der Waals surface area contributed by atoms with Crippen LogP contribution in [0.1, 0.15) is 32.3 Å². The predicted molar refractivity (Wildman–Crippen MR) is 80.1 cm³/mol. The Morgan fingerprint density at radius 3 is 2.85 bits per heavy atom. The molecule has 0 radical (unpaired) electrons.